The van der Waals surface area contributed by atoms with Gasteiger partial charge in [-0.2, -0.15) is 0 Å². The highest BCUT2D eigenvalue weighted by molar-refractivity contribution is 6.30. The molecule has 0 radical (unpaired) electrons. The fraction of sp³-hybridized carbons (Fsp3) is 0.148. The number of hydrogen-bond acceptors (Lipinski definition) is 1. The number of furan rings is 1. The predicted octanol–water partition coefficient (Wildman–Crippen LogP) is 15.7. The average Bonchev–Trinajstić information content (AvgIpc) is 3.61. The van der Waals surface area contributed by atoms with Crippen LogP contribution in [0.5, 0.6) is 0 Å². The molecule has 266 valence electrons. The summed E-state index contributed by atoms with van der Waals surface area (Å²) in [7, 11) is 0. The van der Waals surface area contributed by atoms with Crippen molar-refractivity contribution in [1.29, 1.82) is 0 Å². The van der Waals surface area contributed by atoms with E-state index in [1.807, 2.05) is 0 Å². The van der Waals surface area contributed by atoms with E-state index in [0.29, 0.717) is 0 Å². The minimum absolute atomic E-state index is 0.924. The molecular weight excluding hydrogens is 665 g/mol. The molecule has 0 spiro atoms. The van der Waals surface area contributed by atoms with Gasteiger partial charge < -0.3 is 4.42 Å². The summed E-state index contributed by atoms with van der Waals surface area (Å²) < 4.78 is 6.54. The van der Waals surface area contributed by atoms with E-state index < -0.39 is 0 Å². The number of aryl methyl sites for hydroxylation is 4. The molecule has 0 aliphatic carbocycles. The maximum absolute atomic E-state index is 6.54. The topological polar surface area (TPSA) is 13.1 Å². The highest BCUT2D eigenvalue weighted by atomic mass is 16.3. The molecule has 0 aliphatic rings. The largest absolute Gasteiger partial charge is 0.456 e. The zero-order valence-electron chi connectivity index (χ0n) is 33.0. The van der Waals surface area contributed by atoms with Gasteiger partial charge in [0, 0.05) is 10.8 Å². The number of benzene rings is 9. The van der Waals surface area contributed by atoms with Crippen molar-refractivity contribution in [2.24, 2.45) is 0 Å². The van der Waals surface area contributed by atoms with E-state index in [1.54, 1.807) is 0 Å². The Hall–Kier alpha value is -6.18. The van der Waals surface area contributed by atoms with Gasteiger partial charge in [-0.1, -0.05) is 103 Å². The Morgan fingerprint density at radius 2 is 0.782 bits per heavy atom. The van der Waals surface area contributed by atoms with E-state index in [1.165, 1.54) is 126 Å². The van der Waals surface area contributed by atoms with Gasteiger partial charge in [-0.15, -0.1) is 0 Å². The van der Waals surface area contributed by atoms with Crippen LogP contribution in [0.2, 0.25) is 0 Å². The van der Waals surface area contributed by atoms with E-state index in [2.05, 4.69) is 177 Å². The molecule has 1 heterocycles. The first-order valence-electron chi connectivity index (χ1n) is 19.5. The molecule has 0 unspecified atom stereocenters. The first kappa shape index (κ1) is 33.4. The second kappa shape index (κ2) is 12.2. The minimum atomic E-state index is 0.924. The molecule has 1 heteroatoms. The summed E-state index contributed by atoms with van der Waals surface area (Å²) in [5.74, 6) is 0. The normalized spacial score (nSPS) is 12.0. The highest BCUT2D eigenvalue weighted by Gasteiger charge is 2.28. The highest BCUT2D eigenvalue weighted by Crippen LogP contribution is 2.53. The smallest absolute Gasteiger partial charge is 0.136 e. The van der Waals surface area contributed by atoms with Crippen molar-refractivity contribution < 1.29 is 4.42 Å². The first-order chi connectivity index (χ1) is 26.7. The van der Waals surface area contributed by atoms with Gasteiger partial charge in [0.25, 0.3) is 0 Å². The number of fused-ring (bicyclic) bond motifs is 7. The average molecular weight is 709 g/mol. The van der Waals surface area contributed by atoms with Gasteiger partial charge in [0.1, 0.15) is 11.2 Å². The van der Waals surface area contributed by atoms with E-state index in [4.69, 9.17) is 4.42 Å². The molecule has 0 amide bonds. The van der Waals surface area contributed by atoms with Crippen LogP contribution < -0.4 is 0 Å². The quantitative estimate of drug-likeness (QED) is 0.167. The summed E-state index contributed by atoms with van der Waals surface area (Å²) in [5.41, 5.74) is 20.3. The summed E-state index contributed by atoms with van der Waals surface area (Å²) in [6, 6.07) is 44.5. The standard InChI is InChI=1S/C54H44O/c1-29-31(3)35(7)50-48(33(29)5)53(43-27-26-40(41-18-11-12-19-42(41)43)39-25-24-37-16-9-10-17-38(37)28-39)49-34(6)30(2)32(4)36(8)51(49)54(50)45-21-15-23-47-52(45)44-20-13-14-22-46(44)55-47/h9-28H,1-8H3. The molecular formula is C54H44O. The molecule has 1 aromatic heterocycles. The molecule has 0 saturated carbocycles. The van der Waals surface area contributed by atoms with Gasteiger partial charge >= 0.3 is 0 Å². The SMILES string of the molecule is Cc1c(C)c(C)c2c(-c3cccc4oc5ccccc5c34)c3c(C)c(C)c(C)c(C)c3c(-c3ccc(-c4ccc5ccccc5c4)c4ccccc34)c2c1C. The molecule has 9 aromatic carbocycles. The van der Waals surface area contributed by atoms with Gasteiger partial charge in [-0.05, 0) is 195 Å². The van der Waals surface area contributed by atoms with Crippen LogP contribution in [0.3, 0.4) is 0 Å². The van der Waals surface area contributed by atoms with Crippen molar-refractivity contribution in [3.05, 3.63) is 166 Å². The van der Waals surface area contributed by atoms with Gasteiger partial charge in [0.05, 0.1) is 0 Å². The predicted molar refractivity (Wildman–Crippen MR) is 238 cm³/mol. The number of rotatable bonds is 3. The summed E-state index contributed by atoms with van der Waals surface area (Å²) >= 11 is 0. The Bertz CT molecular complexity index is 3200. The lowest BCUT2D eigenvalue weighted by molar-refractivity contribution is 0.669. The lowest BCUT2D eigenvalue weighted by Crippen LogP contribution is -2.04. The summed E-state index contributed by atoms with van der Waals surface area (Å²) in [6.45, 7) is 18.7. The van der Waals surface area contributed by atoms with Crippen molar-refractivity contribution in [3.63, 3.8) is 0 Å². The van der Waals surface area contributed by atoms with Crippen LogP contribution in [0.1, 0.15) is 44.5 Å². The number of hydrogen-bond donors (Lipinski definition) is 0. The minimum Gasteiger partial charge on any atom is -0.456 e. The van der Waals surface area contributed by atoms with Crippen molar-refractivity contribution in [2.75, 3.05) is 0 Å². The Labute approximate surface area is 322 Å². The monoisotopic (exact) mass is 708 g/mol. The van der Waals surface area contributed by atoms with Crippen molar-refractivity contribution in [2.45, 2.75) is 55.4 Å². The van der Waals surface area contributed by atoms with E-state index in [-0.39, 0.29) is 0 Å². The molecule has 0 N–H and O–H groups in total. The lowest BCUT2D eigenvalue weighted by Gasteiger charge is -2.28. The Balaban J connectivity index is 1.43. The molecule has 0 saturated heterocycles. The molecule has 10 aromatic rings. The van der Waals surface area contributed by atoms with Crippen LogP contribution in [0.15, 0.2) is 126 Å². The van der Waals surface area contributed by atoms with Crippen molar-refractivity contribution in [3.8, 4) is 33.4 Å². The fourth-order valence-electron chi connectivity index (χ4n) is 9.77. The molecule has 0 atom stereocenters. The van der Waals surface area contributed by atoms with Crippen LogP contribution in [0.25, 0.3) is 98.4 Å². The summed E-state index contributed by atoms with van der Waals surface area (Å²) in [6.07, 6.45) is 0. The van der Waals surface area contributed by atoms with Crippen molar-refractivity contribution in [1.82, 2.24) is 0 Å². The van der Waals surface area contributed by atoms with Crippen LogP contribution in [-0.4, -0.2) is 0 Å². The van der Waals surface area contributed by atoms with Gasteiger partial charge in [0.2, 0.25) is 0 Å². The zero-order chi connectivity index (χ0) is 37.9. The third-order valence-corrected chi connectivity index (χ3v) is 13.3. The van der Waals surface area contributed by atoms with E-state index in [9.17, 15) is 0 Å². The molecule has 55 heavy (non-hydrogen) atoms. The fourth-order valence-corrected chi connectivity index (χ4v) is 9.77. The van der Waals surface area contributed by atoms with Gasteiger partial charge in [-0.25, -0.2) is 0 Å². The van der Waals surface area contributed by atoms with Crippen LogP contribution >= 0.6 is 0 Å². The van der Waals surface area contributed by atoms with E-state index in [0.717, 1.165) is 16.6 Å². The zero-order valence-corrected chi connectivity index (χ0v) is 33.0. The Kier molecular flexibility index (Phi) is 7.39. The Morgan fingerprint density at radius 3 is 1.40 bits per heavy atom. The third kappa shape index (κ3) is 4.66. The molecule has 1 nitrogen and oxygen atoms in total. The van der Waals surface area contributed by atoms with E-state index >= 15 is 0 Å². The van der Waals surface area contributed by atoms with Crippen molar-refractivity contribution >= 4 is 65.0 Å². The van der Waals surface area contributed by atoms with Gasteiger partial charge in [0.15, 0.2) is 0 Å². The van der Waals surface area contributed by atoms with Crippen LogP contribution in [-0.2, 0) is 0 Å². The lowest BCUT2D eigenvalue weighted by atomic mass is 9.75. The molecule has 0 fully saturated rings. The summed E-state index contributed by atoms with van der Waals surface area (Å²) in [5, 5.41) is 12.8. The maximum Gasteiger partial charge on any atom is 0.136 e. The Morgan fingerprint density at radius 1 is 0.309 bits per heavy atom. The first-order valence-corrected chi connectivity index (χ1v) is 19.5. The molecule has 10 rings (SSSR count). The second-order valence-corrected chi connectivity index (χ2v) is 15.8. The molecule has 0 aliphatic heterocycles. The summed E-state index contributed by atoms with van der Waals surface area (Å²) in [4.78, 5) is 0. The third-order valence-electron chi connectivity index (χ3n) is 13.3. The molecule has 0 bridgehead atoms. The van der Waals surface area contributed by atoms with Crippen LogP contribution in [0.4, 0.5) is 0 Å². The second-order valence-electron chi connectivity index (χ2n) is 15.8. The maximum atomic E-state index is 6.54. The number of para-hydroxylation sites is 1. The van der Waals surface area contributed by atoms with Crippen LogP contribution in [0, 0.1) is 55.4 Å². The van der Waals surface area contributed by atoms with Gasteiger partial charge in [-0.3, -0.25) is 0 Å².